The Balaban J connectivity index is 2.15. The molecule has 0 aliphatic carbocycles. The third kappa shape index (κ3) is 1.88. The molecule has 0 saturated carbocycles. The van der Waals surface area contributed by atoms with Crippen molar-refractivity contribution in [3.05, 3.63) is 0 Å². The van der Waals surface area contributed by atoms with E-state index in [9.17, 15) is 15.0 Å². The molecule has 0 aromatic rings. The highest BCUT2D eigenvalue weighted by Gasteiger charge is 2.45. The number of rotatable bonds is 1. The van der Waals surface area contributed by atoms with E-state index in [2.05, 4.69) is 0 Å². The number of carbonyl (C=O) groups excluding carboxylic acids is 1. The van der Waals surface area contributed by atoms with Gasteiger partial charge in [0.05, 0.1) is 6.10 Å². The fourth-order valence-corrected chi connectivity index (χ4v) is 2.80. The van der Waals surface area contributed by atoms with Gasteiger partial charge in [-0.05, 0) is 39.5 Å². The average Bonchev–Trinajstić information content (AvgIpc) is 2.35. The summed E-state index contributed by atoms with van der Waals surface area (Å²) in [7, 11) is 0. The van der Waals surface area contributed by atoms with Crippen molar-refractivity contribution in [3.63, 3.8) is 0 Å². The normalized spacial score (nSPS) is 35.7. The van der Waals surface area contributed by atoms with Gasteiger partial charge in [0.1, 0.15) is 5.60 Å². The monoisotopic (exact) mass is 213 g/mol. The van der Waals surface area contributed by atoms with Gasteiger partial charge in [-0.25, -0.2) is 0 Å². The molecule has 0 aromatic heterocycles. The first-order valence-electron chi connectivity index (χ1n) is 5.63. The van der Waals surface area contributed by atoms with E-state index >= 15 is 0 Å². The maximum atomic E-state index is 12.0. The topological polar surface area (TPSA) is 60.8 Å². The summed E-state index contributed by atoms with van der Waals surface area (Å²) in [5.41, 5.74) is -1.29. The van der Waals surface area contributed by atoms with Crippen LogP contribution in [0.2, 0.25) is 0 Å². The maximum Gasteiger partial charge on any atom is 0.254 e. The highest BCUT2D eigenvalue weighted by Crippen LogP contribution is 2.37. The van der Waals surface area contributed by atoms with Crippen molar-refractivity contribution in [2.45, 2.75) is 63.3 Å². The maximum absolute atomic E-state index is 12.0. The Morgan fingerprint density at radius 2 is 1.73 bits per heavy atom. The van der Waals surface area contributed by atoms with Gasteiger partial charge in [0.25, 0.3) is 5.91 Å². The van der Waals surface area contributed by atoms with Gasteiger partial charge in [0.2, 0.25) is 0 Å². The lowest BCUT2D eigenvalue weighted by Gasteiger charge is -2.39. The first-order chi connectivity index (χ1) is 6.89. The molecular weight excluding hydrogens is 194 g/mol. The molecule has 4 nitrogen and oxygen atoms in total. The SMILES string of the molecule is CC(C)(O)C(=O)N1C2CCC1CC(O)C2. The van der Waals surface area contributed by atoms with Gasteiger partial charge in [-0.3, -0.25) is 4.79 Å². The van der Waals surface area contributed by atoms with E-state index in [1.165, 1.54) is 13.8 Å². The van der Waals surface area contributed by atoms with Crippen molar-refractivity contribution < 1.29 is 15.0 Å². The van der Waals surface area contributed by atoms with Gasteiger partial charge in [0, 0.05) is 12.1 Å². The number of aliphatic hydroxyl groups excluding tert-OH is 1. The molecule has 0 radical (unpaired) electrons. The molecule has 2 aliphatic rings. The summed E-state index contributed by atoms with van der Waals surface area (Å²) in [5, 5.41) is 19.3. The summed E-state index contributed by atoms with van der Waals surface area (Å²) < 4.78 is 0. The number of aliphatic hydroxyl groups is 2. The molecule has 2 bridgehead atoms. The highest BCUT2D eigenvalue weighted by atomic mass is 16.3. The predicted octanol–water partition coefficient (Wildman–Crippen LogP) is 0.272. The fourth-order valence-electron chi connectivity index (χ4n) is 2.80. The van der Waals surface area contributed by atoms with Crippen LogP contribution in [0.3, 0.4) is 0 Å². The zero-order valence-electron chi connectivity index (χ0n) is 9.31. The third-order valence-electron chi connectivity index (χ3n) is 3.47. The molecule has 0 spiro atoms. The van der Waals surface area contributed by atoms with E-state index in [1.54, 1.807) is 4.90 Å². The molecule has 2 saturated heterocycles. The molecule has 2 N–H and O–H groups in total. The van der Waals surface area contributed by atoms with Crippen molar-refractivity contribution in [3.8, 4) is 0 Å². The lowest BCUT2D eigenvalue weighted by molar-refractivity contribution is -0.154. The van der Waals surface area contributed by atoms with Gasteiger partial charge < -0.3 is 15.1 Å². The number of hydrogen-bond donors (Lipinski definition) is 2. The third-order valence-corrected chi connectivity index (χ3v) is 3.47. The summed E-state index contributed by atoms with van der Waals surface area (Å²) in [6, 6.07) is 0.273. The van der Waals surface area contributed by atoms with Gasteiger partial charge in [-0.1, -0.05) is 0 Å². The zero-order valence-corrected chi connectivity index (χ0v) is 9.31. The number of carbonyl (C=O) groups is 1. The lowest BCUT2D eigenvalue weighted by atomic mass is 9.97. The number of amides is 1. The van der Waals surface area contributed by atoms with Gasteiger partial charge in [0.15, 0.2) is 0 Å². The molecule has 2 rings (SSSR count). The van der Waals surface area contributed by atoms with Gasteiger partial charge in [-0.2, -0.15) is 0 Å². The van der Waals surface area contributed by atoms with Crippen LogP contribution in [0.15, 0.2) is 0 Å². The van der Waals surface area contributed by atoms with Crippen molar-refractivity contribution in [2.24, 2.45) is 0 Å². The second-order valence-corrected chi connectivity index (χ2v) is 5.28. The minimum atomic E-state index is -1.29. The molecular formula is C11H19NO3. The number of hydrogen-bond acceptors (Lipinski definition) is 3. The Kier molecular flexibility index (Phi) is 2.51. The number of piperidine rings is 1. The molecule has 15 heavy (non-hydrogen) atoms. The Bertz CT molecular complexity index is 257. The molecule has 86 valence electrons. The molecule has 2 unspecified atom stereocenters. The molecule has 2 atom stereocenters. The van der Waals surface area contributed by atoms with Crippen LogP contribution >= 0.6 is 0 Å². The summed E-state index contributed by atoms with van der Waals surface area (Å²) in [6.45, 7) is 3.06. The standard InChI is InChI=1S/C11H19NO3/c1-11(2,15)10(14)12-7-3-4-8(12)6-9(13)5-7/h7-9,13,15H,3-6H2,1-2H3. The molecule has 4 heteroatoms. The molecule has 1 amide bonds. The minimum Gasteiger partial charge on any atom is -0.393 e. The van der Waals surface area contributed by atoms with E-state index in [0.29, 0.717) is 12.8 Å². The predicted molar refractivity (Wildman–Crippen MR) is 55.2 cm³/mol. The van der Waals surface area contributed by atoms with Crippen LogP contribution < -0.4 is 0 Å². The smallest absolute Gasteiger partial charge is 0.254 e. The Hall–Kier alpha value is -0.610. The Morgan fingerprint density at radius 3 is 2.13 bits per heavy atom. The van der Waals surface area contributed by atoms with Crippen LogP contribution in [0.4, 0.5) is 0 Å². The first kappa shape index (κ1) is 10.9. The van der Waals surface area contributed by atoms with Crippen molar-refractivity contribution >= 4 is 5.91 Å². The van der Waals surface area contributed by atoms with E-state index in [1.807, 2.05) is 0 Å². The Morgan fingerprint density at radius 1 is 1.27 bits per heavy atom. The first-order valence-corrected chi connectivity index (χ1v) is 5.63. The molecule has 2 fully saturated rings. The summed E-state index contributed by atoms with van der Waals surface area (Å²) in [4.78, 5) is 13.8. The molecule has 2 aliphatic heterocycles. The van der Waals surface area contributed by atoms with Crippen LogP contribution in [-0.2, 0) is 4.79 Å². The summed E-state index contributed by atoms with van der Waals surface area (Å²) in [5.74, 6) is -0.193. The summed E-state index contributed by atoms with van der Waals surface area (Å²) in [6.07, 6.45) is 2.98. The minimum absolute atomic E-state index is 0.137. The largest absolute Gasteiger partial charge is 0.393 e. The summed E-state index contributed by atoms with van der Waals surface area (Å²) >= 11 is 0. The van der Waals surface area contributed by atoms with Gasteiger partial charge in [-0.15, -0.1) is 0 Å². The highest BCUT2D eigenvalue weighted by molar-refractivity contribution is 5.85. The van der Waals surface area contributed by atoms with Crippen molar-refractivity contribution in [1.29, 1.82) is 0 Å². The average molecular weight is 213 g/mol. The van der Waals surface area contributed by atoms with Crippen LogP contribution in [-0.4, -0.2) is 44.8 Å². The Labute approximate surface area is 89.9 Å². The lowest BCUT2D eigenvalue weighted by Crippen LogP contribution is -2.54. The zero-order chi connectivity index (χ0) is 11.2. The number of fused-ring (bicyclic) bond motifs is 2. The van der Waals surface area contributed by atoms with Crippen LogP contribution in [0.25, 0.3) is 0 Å². The van der Waals surface area contributed by atoms with Crippen molar-refractivity contribution in [1.82, 2.24) is 4.90 Å². The fraction of sp³-hybridized carbons (Fsp3) is 0.909. The van der Waals surface area contributed by atoms with E-state index in [4.69, 9.17) is 0 Å². The van der Waals surface area contributed by atoms with Crippen LogP contribution in [0, 0.1) is 0 Å². The molecule has 0 aromatic carbocycles. The van der Waals surface area contributed by atoms with Crippen LogP contribution in [0.5, 0.6) is 0 Å². The van der Waals surface area contributed by atoms with E-state index in [-0.39, 0.29) is 24.1 Å². The number of nitrogens with zero attached hydrogens (tertiary/aromatic N) is 1. The van der Waals surface area contributed by atoms with E-state index < -0.39 is 5.60 Å². The molecule has 2 heterocycles. The quantitative estimate of drug-likeness (QED) is 0.657. The second-order valence-electron chi connectivity index (χ2n) is 5.28. The van der Waals surface area contributed by atoms with Crippen LogP contribution in [0.1, 0.15) is 39.5 Å². The van der Waals surface area contributed by atoms with Gasteiger partial charge >= 0.3 is 0 Å². The van der Waals surface area contributed by atoms with Crippen molar-refractivity contribution in [2.75, 3.05) is 0 Å². The van der Waals surface area contributed by atoms with E-state index in [0.717, 1.165) is 12.8 Å². The second kappa shape index (κ2) is 3.46.